The van der Waals surface area contributed by atoms with Crippen LogP contribution in [0.25, 0.3) is 0 Å². The normalized spacial score (nSPS) is 9.15. The summed E-state index contributed by atoms with van der Waals surface area (Å²) in [5.41, 5.74) is 0. The Labute approximate surface area is 204 Å². The number of carbonyl (C=O) groups excluding carboxylic acids is 2. The third-order valence-corrected chi connectivity index (χ3v) is 4.24. The summed E-state index contributed by atoms with van der Waals surface area (Å²) in [6.45, 7) is 3.15. The van der Waals surface area contributed by atoms with E-state index in [1.807, 2.05) is 0 Å². The summed E-state index contributed by atoms with van der Waals surface area (Å²) in [5, 5.41) is 9.33. The van der Waals surface area contributed by atoms with E-state index in [1.54, 1.807) is 6.92 Å². The van der Waals surface area contributed by atoms with Crippen LogP contribution in [0.1, 0.15) is 78.1 Å². The molecule has 0 bridgehead atoms. The molecule has 0 unspecified atom stereocenters. The molecule has 34 heavy (non-hydrogen) atoms. The highest BCUT2D eigenvalue weighted by Gasteiger charge is 2.15. The highest BCUT2D eigenvalue weighted by molar-refractivity contribution is 5.89. The lowest BCUT2D eigenvalue weighted by Gasteiger charge is -2.14. The zero-order chi connectivity index (χ0) is 25.1. The van der Waals surface area contributed by atoms with Crippen LogP contribution in [-0.2, 0) is 19.1 Å². The molecule has 0 heterocycles. The minimum absolute atomic E-state index is 0.278. The van der Waals surface area contributed by atoms with Crippen molar-refractivity contribution in [3.63, 3.8) is 0 Å². The van der Waals surface area contributed by atoms with Gasteiger partial charge in [0.05, 0.1) is 6.61 Å². The SMILES string of the molecule is CC#CC#CC#CC#CC#CC#CC(=O)OC[C@H](CO)OC(=O)CCCCCCCCCCC. The fourth-order valence-electron chi connectivity index (χ4n) is 2.55. The van der Waals surface area contributed by atoms with Gasteiger partial charge in [0.1, 0.15) is 6.61 Å². The highest BCUT2D eigenvalue weighted by Crippen LogP contribution is 2.11. The number of aliphatic hydroxyl groups is 1. The van der Waals surface area contributed by atoms with Crippen LogP contribution in [-0.4, -0.2) is 36.4 Å². The van der Waals surface area contributed by atoms with E-state index in [4.69, 9.17) is 9.47 Å². The summed E-state index contributed by atoms with van der Waals surface area (Å²) in [6, 6.07) is 0. The van der Waals surface area contributed by atoms with E-state index >= 15 is 0 Å². The summed E-state index contributed by atoms with van der Waals surface area (Å²) in [6.07, 6.45) is 9.72. The van der Waals surface area contributed by atoms with Crippen LogP contribution >= 0.6 is 0 Å². The largest absolute Gasteiger partial charge is 0.456 e. The number of unbranched alkanes of at least 4 members (excludes halogenated alkanes) is 8. The van der Waals surface area contributed by atoms with Crippen LogP contribution in [0.4, 0.5) is 0 Å². The molecule has 178 valence electrons. The van der Waals surface area contributed by atoms with Crippen molar-refractivity contribution in [2.45, 2.75) is 84.2 Å². The molecule has 0 aromatic carbocycles. The van der Waals surface area contributed by atoms with Gasteiger partial charge in [0, 0.05) is 12.3 Å². The van der Waals surface area contributed by atoms with Crippen molar-refractivity contribution in [1.82, 2.24) is 0 Å². The molecule has 1 N–H and O–H groups in total. The van der Waals surface area contributed by atoms with Crippen LogP contribution in [0, 0.1) is 71.0 Å². The number of carbonyl (C=O) groups is 2. The van der Waals surface area contributed by atoms with Gasteiger partial charge in [-0.25, -0.2) is 4.79 Å². The van der Waals surface area contributed by atoms with Crippen LogP contribution in [0.2, 0.25) is 0 Å². The molecule has 0 aromatic heterocycles. The quantitative estimate of drug-likeness (QED) is 0.186. The number of esters is 2. The molecule has 0 saturated carbocycles. The summed E-state index contributed by atoms with van der Waals surface area (Å²) in [5.74, 6) is 28.0. The predicted molar refractivity (Wildman–Crippen MR) is 132 cm³/mol. The van der Waals surface area contributed by atoms with Crippen LogP contribution in [0.3, 0.4) is 0 Å². The minimum Gasteiger partial charge on any atom is -0.456 e. The maximum atomic E-state index is 11.9. The lowest BCUT2D eigenvalue weighted by molar-refractivity contribution is -0.159. The van der Waals surface area contributed by atoms with E-state index < -0.39 is 24.6 Å². The molecular weight excluding hydrogens is 428 g/mol. The van der Waals surface area contributed by atoms with Crippen molar-refractivity contribution >= 4 is 11.9 Å². The molecule has 0 amide bonds. The first-order chi connectivity index (χ1) is 16.6. The van der Waals surface area contributed by atoms with E-state index in [9.17, 15) is 14.7 Å². The average Bonchev–Trinajstić information content (AvgIpc) is 2.84. The topological polar surface area (TPSA) is 72.8 Å². The van der Waals surface area contributed by atoms with Gasteiger partial charge < -0.3 is 14.6 Å². The van der Waals surface area contributed by atoms with E-state index in [2.05, 4.69) is 78.0 Å². The molecule has 0 aromatic rings. The maximum absolute atomic E-state index is 11.9. The van der Waals surface area contributed by atoms with Gasteiger partial charge in [-0.05, 0) is 72.5 Å². The summed E-state index contributed by atoms with van der Waals surface area (Å²) in [7, 11) is 0. The average molecular weight is 461 g/mol. The molecule has 0 aliphatic heterocycles. The van der Waals surface area contributed by atoms with Crippen LogP contribution < -0.4 is 0 Å². The maximum Gasteiger partial charge on any atom is 0.385 e. The van der Waals surface area contributed by atoms with Crippen molar-refractivity contribution in [1.29, 1.82) is 0 Å². The van der Waals surface area contributed by atoms with Gasteiger partial charge in [0.25, 0.3) is 0 Å². The third kappa shape index (κ3) is 21.5. The molecule has 0 spiro atoms. The van der Waals surface area contributed by atoms with E-state index in [0.717, 1.165) is 19.3 Å². The molecule has 5 heteroatoms. The van der Waals surface area contributed by atoms with Gasteiger partial charge >= 0.3 is 11.9 Å². The number of hydrogen-bond donors (Lipinski definition) is 1. The number of ether oxygens (including phenoxy) is 2. The molecule has 0 aliphatic carbocycles. The van der Waals surface area contributed by atoms with Gasteiger partial charge in [0.15, 0.2) is 6.10 Å². The molecule has 0 radical (unpaired) electrons. The Morgan fingerprint density at radius 2 is 1.24 bits per heavy atom. The Bertz CT molecular complexity index is 985. The Hall–Kier alpha value is -3.74. The number of aliphatic hydroxyl groups excluding tert-OH is 1. The van der Waals surface area contributed by atoms with Crippen LogP contribution in [0.5, 0.6) is 0 Å². The molecule has 1 atom stereocenters. The van der Waals surface area contributed by atoms with Crippen molar-refractivity contribution < 1.29 is 24.2 Å². The Morgan fingerprint density at radius 1 is 0.735 bits per heavy atom. The number of rotatable bonds is 14. The third-order valence-electron chi connectivity index (χ3n) is 4.24. The first-order valence-corrected chi connectivity index (χ1v) is 11.5. The van der Waals surface area contributed by atoms with Gasteiger partial charge in [-0.1, -0.05) is 64.2 Å². The van der Waals surface area contributed by atoms with E-state index in [-0.39, 0.29) is 13.0 Å². The highest BCUT2D eigenvalue weighted by atomic mass is 16.6. The second kappa shape index (κ2) is 23.9. The van der Waals surface area contributed by atoms with Crippen molar-refractivity contribution in [2.24, 2.45) is 0 Å². The molecule has 0 aliphatic rings. The smallest absolute Gasteiger partial charge is 0.385 e. The standard InChI is InChI=1S/C29H32O5/c1-3-5-7-9-11-13-14-16-17-19-21-23-28(31)33-26-27(25-30)34-29(32)24-22-20-18-15-12-10-8-6-4-2/h27,30H,4,6,8,10,12,15,18,20,22,24-26H2,1-2H3/t27-/m0/s1. The summed E-state index contributed by atoms with van der Waals surface area (Å²) in [4.78, 5) is 23.5. The Kier molecular flexibility index (Phi) is 21.3. The van der Waals surface area contributed by atoms with Gasteiger partial charge in [-0.3, -0.25) is 4.79 Å². The second-order valence-electron chi connectivity index (χ2n) is 7.10. The minimum atomic E-state index is -0.918. The van der Waals surface area contributed by atoms with Gasteiger partial charge in [0.2, 0.25) is 0 Å². The lowest BCUT2D eigenvalue weighted by Crippen LogP contribution is -2.28. The lowest BCUT2D eigenvalue weighted by atomic mass is 10.1. The fraction of sp³-hybridized carbons (Fsp3) is 0.517. The second-order valence-corrected chi connectivity index (χ2v) is 7.10. The van der Waals surface area contributed by atoms with Crippen molar-refractivity contribution in [3.05, 3.63) is 0 Å². The molecule has 0 saturated heterocycles. The summed E-state index contributed by atoms with van der Waals surface area (Å²) < 4.78 is 10.0. The first kappa shape index (κ1) is 30.3. The first-order valence-electron chi connectivity index (χ1n) is 11.5. The monoisotopic (exact) mass is 460 g/mol. The number of hydrogen-bond acceptors (Lipinski definition) is 5. The Morgan fingerprint density at radius 3 is 1.76 bits per heavy atom. The molecule has 0 fully saturated rings. The zero-order valence-electron chi connectivity index (χ0n) is 20.1. The predicted octanol–water partition coefficient (Wildman–Crippen LogP) is 3.39. The van der Waals surface area contributed by atoms with Gasteiger partial charge in [-0.2, -0.15) is 0 Å². The fourth-order valence-corrected chi connectivity index (χ4v) is 2.55. The molecular formula is C29H32O5. The molecule has 0 rings (SSSR count). The summed E-state index contributed by atoms with van der Waals surface area (Å²) >= 11 is 0. The Balaban J connectivity index is 4.09. The zero-order valence-corrected chi connectivity index (χ0v) is 20.1. The van der Waals surface area contributed by atoms with E-state index in [0.29, 0.717) is 0 Å². The van der Waals surface area contributed by atoms with Crippen molar-refractivity contribution in [2.75, 3.05) is 13.2 Å². The molecule has 5 nitrogen and oxygen atoms in total. The van der Waals surface area contributed by atoms with Gasteiger partial charge in [-0.15, -0.1) is 0 Å². The van der Waals surface area contributed by atoms with Crippen LogP contribution in [0.15, 0.2) is 0 Å². The van der Waals surface area contributed by atoms with E-state index in [1.165, 1.54) is 38.5 Å². The van der Waals surface area contributed by atoms with Crippen molar-refractivity contribution in [3.8, 4) is 71.0 Å².